The Hall–Kier alpha value is -0.410. The van der Waals surface area contributed by atoms with E-state index < -0.39 is 0 Å². The molecule has 0 aliphatic rings. The van der Waals surface area contributed by atoms with E-state index in [-0.39, 0.29) is 5.82 Å². The van der Waals surface area contributed by atoms with Crippen molar-refractivity contribution in [3.05, 3.63) is 34.1 Å². The molecule has 1 nitrogen and oxygen atoms in total. The van der Waals surface area contributed by atoms with Crippen molar-refractivity contribution in [2.24, 2.45) is 0 Å². The Morgan fingerprint density at radius 3 is 2.62 bits per heavy atom. The third kappa shape index (κ3) is 3.29. The van der Waals surface area contributed by atoms with Crippen molar-refractivity contribution in [2.45, 2.75) is 39.8 Å². The smallest absolute Gasteiger partial charge is 0.137 e. The summed E-state index contributed by atoms with van der Waals surface area (Å²) >= 11 is 3.31. The van der Waals surface area contributed by atoms with Gasteiger partial charge in [0.05, 0.1) is 4.47 Å². The van der Waals surface area contributed by atoms with Gasteiger partial charge in [-0.2, -0.15) is 0 Å². The Balaban J connectivity index is 2.82. The summed E-state index contributed by atoms with van der Waals surface area (Å²) in [5, 5.41) is 0. The van der Waals surface area contributed by atoms with Crippen molar-refractivity contribution in [1.82, 2.24) is 4.90 Å². The predicted molar refractivity (Wildman–Crippen MR) is 69.9 cm³/mol. The fourth-order valence-electron chi connectivity index (χ4n) is 1.73. The molecule has 0 heterocycles. The fourth-order valence-corrected chi connectivity index (χ4v) is 2.12. The highest BCUT2D eigenvalue weighted by molar-refractivity contribution is 9.10. The molecule has 1 atom stereocenters. The van der Waals surface area contributed by atoms with Gasteiger partial charge in [0.25, 0.3) is 0 Å². The van der Waals surface area contributed by atoms with Crippen LogP contribution in [-0.2, 0) is 6.54 Å². The monoisotopic (exact) mass is 287 g/mol. The first kappa shape index (κ1) is 13.7. The molecule has 0 aromatic heterocycles. The van der Waals surface area contributed by atoms with Crippen LogP contribution in [0.3, 0.4) is 0 Å². The minimum atomic E-state index is -0.183. The van der Waals surface area contributed by atoms with Crippen molar-refractivity contribution < 1.29 is 4.39 Å². The fraction of sp³-hybridized carbons (Fsp3) is 0.538. The summed E-state index contributed by atoms with van der Waals surface area (Å²) in [5.41, 5.74) is 1.02. The Bertz CT molecular complexity index is 341. The zero-order valence-corrected chi connectivity index (χ0v) is 11.7. The van der Waals surface area contributed by atoms with Gasteiger partial charge in [0.15, 0.2) is 0 Å². The van der Waals surface area contributed by atoms with Crippen molar-refractivity contribution in [2.75, 3.05) is 6.54 Å². The predicted octanol–water partition coefficient (Wildman–Crippen LogP) is 4.21. The summed E-state index contributed by atoms with van der Waals surface area (Å²) in [4.78, 5) is 2.35. The minimum absolute atomic E-state index is 0.183. The maximum absolute atomic E-state index is 13.4. The van der Waals surface area contributed by atoms with E-state index in [2.05, 4.69) is 41.6 Å². The van der Waals surface area contributed by atoms with Gasteiger partial charge in [0.2, 0.25) is 0 Å². The first-order valence-corrected chi connectivity index (χ1v) is 6.56. The topological polar surface area (TPSA) is 3.24 Å². The standard InChI is InChI=1S/C13H19BrFN/c1-4-10(3)16(5-2)9-11-7-6-8-12(15)13(11)14/h6-8,10H,4-5,9H2,1-3H3. The average molecular weight is 288 g/mol. The maximum Gasteiger partial charge on any atom is 0.137 e. The van der Waals surface area contributed by atoms with E-state index >= 15 is 0 Å². The largest absolute Gasteiger partial charge is 0.297 e. The van der Waals surface area contributed by atoms with Gasteiger partial charge in [-0.1, -0.05) is 26.0 Å². The molecule has 16 heavy (non-hydrogen) atoms. The number of rotatable bonds is 5. The van der Waals surface area contributed by atoms with E-state index in [0.29, 0.717) is 10.5 Å². The number of hydrogen-bond acceptors (Lipinski definition) is 1. The second-order valence-corrected chi connectivity index (χ2v) is 4.83. The number of benzene rings is 1. The highest BCUT2D eigenvalue weighted by Crippen LogP contribution is 2.22. The van der Waals surface area contributed by atoms with E-state index in [1.165, 1.54) is 6.07 Å². The number of nitrogens with zero attached hydrogens (tertiary/aromatic N) is 1. The van der Waals surface area contributed by atoms with Gasteiger partial charge in [-0.15, -0.1) is 0 Å². The molecule has 0 bridgehead atoms. The molecule has 0 amide bonds. The van der Waals surface area contributed by atoms with Gasteiger partial charge >= 0.3 is 0 Å². The van der Waals surface area contributed by atoms with Gasteiger partial charge in [0, 0.05) is 12.6 Å². The van der Waals surface area contributed by atoms with Crippen LogP contribution in [-0.4, -0.2) is 17.5 Å². The van der Waals surface area contributed by atoms with E-state index in [1.807, 2.05) is 6.07 Å². The molecule has 1 aromatic carbocycles. The molecule has 0 fully saturated rings. The molecule has 0 saturated carbocycles. The molecule has 0 aliphatic heterocycles. The van der Waals surface area contributed by atoms with Crippen LogP contribution in [0.2, 0.25) is 0 Å². The summed E-state index contributed by atoms with van der Waals surface area (Å²) < 4.78 is 13.9. The summed E-state index contributed by atoms with van der Waals surface area (Å²) in [5.74, 6) is -0.183. The van der Waals surface area contributed by atoms with Crippen molar-refractivity contribution in [3.8, 4) is 0 Å². The SMILES string of the molecule is CCC(C)N(CC)Cc1cccc(F)c1Br. The van der Waals surface area contributed by atoms with Gasteiger partial charge in [-0.25, -0.2) is 4.39 Å². The molecule has 1 aromatic rings. The van der Waals surface area contributed by atoms with Crippen LogP contribution in [0, 0.1) is 5.82 Å². The lowest BCUT2D eigenvalue weighted by atomic mass is 10.1. The van der Waals surface area contributed by atoms with Gasteiger partial charge in [0.1, 0.15) is 5.82 Å². The van der Waals surface area contributed by atoms with E-state index in [0.717, 1.165) is 25.1 Å². The molecule has 1 rings (SSSR count). The Morgan fingerprint density at radius 2 is 2.06 bits per heavy atom. The first-order chi connectivity index (χ1) is 7.60. The molecule has 3 heteroatoms. The van der Waals surface area contributed by atoms with Crippen LogP contribution in [0.4, 0.5) is 4.39 Å². The van der Waals surface area contributed by atoms with Crippen LogP contribution in [0.5, 0.6) is 0 Å². The first-order valence-electron chi connectivity index (χ1n) is 5.77. The molecule has 0 radical (unpaired) electrons. The van der Waals surface area contributed by atoms with Crippen LogP contribution in [0.25, 0.3) is 0 Å². The number of halogens is 2. The molecule has 0 aliphatic carbocycles. The van der Waals surface area contributed by atoms with Crippen molar-refractivity contribution in [3.63, 3.8) is 0 Å². The highest BCUT2D eigenvalue weighted by atomic mass is 79.9. The van der Waals surface area contributed by atoms with E-state index in [4.69, 9.17) is 0 Å². The lowest BCUT2D eigenvalue weighted by Crippen LogP contribution is -2.31. The Labute approximate surface area is 106 Å². The Morgan fingerprint density at radius 1 is 1.38 bits per heavy atom. The van der Waals surface area contributed by atoms with Crippen LogP contribution in [0.1, 0.15) is 32.8 Å². The Kier molecular flexibility index (Phi) is 5.42. The second-order valence-electron chi connectivity index (χ2n) is 4.03. The summed E-state index contributed by atoms with van der Waals surface area (Å²) in [6.45, 7) is 8.30. The van der Waals surface area contributed by atoms with Gasteiger partial charge in [-0.3, -0.25) is 4.90 Å². The second kappa shape index (κ2) is 6.36. The van der Waals surface area contributed by atoms with Gasteiger partial charge < -0.3 is 0 Å². The molecule has 1 unspecified atom stereocenters. The van der Waals surface area contributed by atoms with Gasteiger partial charge in [-0.05, 0) is 47.4 Å². The third-order valence-electron chi connectivity index (χ3n) is 3.03. The molecule has 0 spiro atoms. The third-order valence-corrected chi connectivity index (χ3v) is 3.91. The van der Waals surface area contributed by atoms with Crippen molar-refractivity contribution in [1.29, 1.82) is 0 Å². The molecular weight excluding hydrogens is 269 g/mol. The minimum Gasteiger partial charge on any atom is -0.297 e. The van der Waals surface area contributed by atoms with E-state index in [1.54, 1.807) is 6.07 Å². The zero-order chi connectivity index (χ0) is 12.1. The summed E-state index contributed by atoms with van der Waals surface area (Å²) in [6.07, 6.45) is 1.11. The summed E-state index contributed by atoms with van der Waals surface area (Å²) in [7, 11) is 0. The molecule has 90 valence electrons. The molecule has 0 saturated heterocycles. The normalized spacial score (nSPS) is 13.1. The van der Waals surface area contributed by atoms with Crippen LogP contribution >= 0.6 is 15.9 Å². The quantitative estimate of drug-likeness (QED) is 0.784. The van der Waals surface area contributed by atoms with E-state index in [9.17, 15) is 4.39 Å². The lowest BCUT2D eigenvalue weighted by Gasteiger charge is -2.27. The maximum atomic E-state index is 13.4. The average Bonchev–Trinajstić information content (AvgIpc) is 2.30. The van der Waals surface area contributed by atoms with Crippen LogP contribution < -0.4 is 0 Å². The highest BCUT2D eigenvalue weighted by Gasteiger charge is 2.13. The van der Waals surface area contributed by atoms with Crippen molar-refractivity contribution >= 4 is 15.9 Å². The zero-order valence-electron chi connectivity index (χ0n) is 10.1. The summed E-state index contributed by atoms with van der Waals surface area (Å²) in [6, 6.07) is 5.74. The number of hydrogen-bond donors (Lipinski definition) is 0. The van der Waals surface area contributed by atoms with Crippen LogP contribution in [0.15, 0.2) is 22.7 Å². The lowest BCUT2D eigenvalue weighted by molar-refractivity contribution is 0.205. The molecule has 0 N–H and O–H groups in total. The molecular formula is C13H19BrFN.